The highest BCUT2D eigenvalue weighted by atomic mass is 19.1. The summed E-state index contributed by atoms with van der Waals surface area (Å²) in [5, 5.41) is 0. The van der Waals surface area contributed by atoms with Crippen LogP contribution in [-0.4, -0.2) is 35.3 Å². The molecule has 0 aliphatic heterocycles. The van der Waals surface area contributed by atoms with E-state index in [4.69, 9.17) is 0 Å². The first-order chi connectivity index (χ1) is 9.60. The maximum atomic E-state index is 12.8. The molecule has 1 heterocycles. The Hall–Kier alpha value is -1.29. The average Bonchev–Trinajstić information content (AvgIpc) is 2.48. The van der Waals surface area contributed by atoms with Gasteiger partial charge in [-0.3, -0.25) is 9.78 Å². The van der Waals surface area contributed by atoms with Gasteiger partial charge in [-0.2, -0.15) is 0 Å². The largest absolute Gasteiger partial charge is 0.303 e. The molecule has 0 aliphatic carbocycles. The number of hydrogen-bond donors (Lipinski definition) is 0. The number of nitrogens with zero attached hydrogens (tertiary/aromatic N) is 2. The molecule has 0 amide bonds. The third kappa shape index (κ3) is 5.37. The molecule has 0 bridgehead atoms. The molecule has 0 atom stereocenters. The number of Topliss-reactive ketones (excluding diaryl/α,β-unsaturated/α-hetero) is 1. The summed E-state index contributed by atoms with van der Waals surface area (Å²) in [6, 6.07) is 2.73. The van der Waals surface area contributed by atoms with Crippen molar-refractivity contribution in [3.8, 4) is 0 Å². The lowest BCUT2D eigenvalue weighted by atomic mass is 10.0. The van der Waals surface area contributed by atoms with Gasteiger partial charge >= 0.3 is 0 Å². The number of pyridine rings is 1. The number of aromatic nitrogens is 1. The molecule has 1 rings (SSSR count). The van der Waals surface area contributed by atoms with Gasteiger partial charge < -0.3 is 4.90 Å². The number of carbonyl (C=O) groups excluding carboxylic acids is 1. The molecule has 0 radical (unpaired) electrons. The highest BCUT2D eigenvalue weighted by Crippen LogP contribution is 2.11. The van der Waals surface area contributed by atoms with Crippen molar-refractivity contribution in [1.29, 1.82) is 0 Å². The Bertz CT molecular complexity index is 401. The number of carbonyl (C=O) groups is 1. The van der Waals surface area contributed by atoms with Crippen molar-refractivity contribution in [3.05, 3.63) is 29.8 Å². The molecule has 112 valence electrons. The maximum absolute atomic E-state index is 12.8. The van der Waals surface area contributed by atoms with Gasteiger partial charge in [0.25, 0.3) is 0 Å². The number of hydrogen-bond acceptors (Lipinski definition) is 3. The Morgan fingerprint density at radius 3 is 2.50 bits per heavy atom. The van der Waals surface area contributed by atoms with Crippen LogP contribution in [0.5, 0.6) is 0 Å². The highest BCUT2D eigenvalue weighted by molar-refractivity contribution is 5.94. The second-order valence-corrected chi connectivity index (χ2v) is 5.11. The molecular weight excluding hydrogens is 255 g/mol. The second kappa shape index (κ2) is 8.80. The first-order valence-corrected chi connectivity index (χ1v) is 7.47. The standard InChI is InChI=1S/C16H25FN2O/c1-4-13(5-2)12-19(6-3)10-9-16(20)15-8-7-14(17)11-18-15/h7-8,11,13H,4-6,9-10,12H2,1-3H3. The molecule has 1 aromatic rings. The molecular formula is C16H25FN2O. The highest BCUT2D eigenvalue weighted by Gasteiger charge is 2.13. The molecule has 20 heavy (non-hydrogen) atoms. The second-order valence-electron chi connectivity index (χ2n) is 5.11. The van der Waals surface area contributed by atoms with Crippen molar-refractivity contribution >= 4 is 5.78 Å². The minimum absolute atomic E-state index is 0.0204. The van der Waals surface area contributed by atoms with E-state index in [0.29, 0.717) is 18.0 Å². The molecule has 0 N–H and O–H groups in total. The predicted octanol–water partition coefficient (Wildman–Crippen LogP) is 3.55. The predicted molar refractivity (Wildman–Crippen MR) is 79.3 cm³/mol. The summed E-state index contributed by atoms with van der Waals surface area (Å²) in [6.45, 7) is 9.24. The molecule has 0 unspecified atom stereocenters. The summed E-state index contributed by atoms with van der Waals surface area (Å²) < 4.78 is 12.8. The minimum Gasteiger partial charge on any atom is -0.303 e. The summed E-state index contributed by atoms with van der Waals surface area (Å²) >= 11 is 0. The molecule has 1 aromatic heterocycles. The molecule has 0 saturated heterocycles. The molecule has 0 saturated carbocycles. The smallest absolute Gasteiger partial charge is 0.182 e. The zero-order valence-corrected chi connectivity index (χ0v) is 12.7. The summed E-state index contributed by atoms with van der Waals surface area (Å²) in [7, 11) is 0. The average molecular weight is 280 g/mol. The van der Waals surface area contributed by atoms with Gasteiger partial charge in [-0.05, 0) is 24.6 Å². The van der Waals surface area contributed by atoms with Crippen LogP contribution < -0.4 is 0 Å². The van der Waals surface area contributed by atoms with Crippen LogP contribution in [0.2, 0.25) is 0 Å². The van der Waals surface area contributed by atoms with E-state index in [1.54, 1.807) is 0 Å². The Kier molecular flexibility index (Phi) is 7.37. The summed E-state index contributed by atoms with van der Waals surface area (Å²) in [5.74, 6) is 0.257. The topological polar surface area (TPSA) is 33.2 Å². The zero-order chi connectivity index (χ0) is 15.0. The van der Waals surface area contributed by atoms with Crippen molar-refractivity contribution in [1.82, 2.24) is 9.88 Å². The lowest BCUT2D eigenvalue weighted by Crippen LogP contribution is -2.31. The van der Waals surface area contributed by atoms with Gasteiger partial charge in [0, 0.05) is 19.5 Å². The van der Waals surface area contributed by atoms with Crippen molar-refractivity contribution < 1.29 is 9.18 Å². The Morgan fingerprint density at radius 1 is 1.30 bits per heavy atom. The Morgan fingerprint density at radius 2 is 2.00 bits per heavy atom. The van der Waals surface area contributed by atoms with Gasteiger partial charge in [-0.15, -0.1) is 0 Å². The van der Waals surface area contributed by atoms with Crippen molar-refractivity contribution in [2.75, 3.05) is 19.6 Å². The molecule has 0 spiro atoms. The number of rotatable bonds is 9. The van der Waals surface area contributed by atoms with Gasteiger partial charge in [-0.25, -0.2) is 4.39 Å². The Balaban J connectivity index is 2.47. The third-order valence-electron chi connectivity index (χ3n) is 3.79. The van der Waals surface area contributed by atoms with E-state index in [1.807, 2.05) is 0 Å². The molecule has 3 nitrogen and oxygen atoms in total. The fourth-order valence-corrected chi connectivity index (χ4v) is 2.22. The van der Waals surface area contributed by atoms with Gasteiger partial charge in [0.15, 0.2) is 5.78 Å². The third-order valence-corrected chi connectivity index (χ3v) is 3.79. The van der Waals surface area contributed by atoms with E-state index in [0.717, 1.165) is 25.8 Å². The SMILES string of the molecule is CCC(CC)CN(CC)CCC(=O)c1ccc(F)cn1. The van der Waals surface area contributed by atoms with Crippen LogP contribution in [0.15, 0.2) is 18.3 Å². The van der Waals surface area contributed by atoms with E-state index in [1.165, 1.54) is 25.0 Å². The van der Waals surface area contributed by atoms with Crippen LogP contribution in [0.25, 0.3) is 0 Å². The number of halogens is 1. The van der Waals surface area contributed by atoms with E-state index < -0.39 is 5.82 Å². The number of ketones is 1. The van der Waals surface area contributed by atoms with Crippen LogP contribution in [0.1, 0.15) is 50.5 Å². The van der Waals surface area contributed by atoms with Gasteiger partial charge in [-0.1, -0.05) is 33.6 Å². The quantitative estimate of drug-likeness (QED) is 0.649. The normalized spacial score (nSPS) is 11.3. The van der Waals surface area contributed by atoms with Crippen LogP contribution in [0.4, 0.5) is 4.39 Å². The van der Waals surface area contributed by atoms with Gasteiger partial charge in [0.2, 0.25) is 0 Å². The zero-order valence-electron chi connectivity index (χ0n) is 12.7. The van der Waals surface area contributed by atoms with Crippen LogP contribution in [0, 0.1) is 11.7 Å². The first kappa shape index (κ1) is 16.8. The fraction of sp³-hybridized carbons (Fsp3) is 0.625. The van der Waals surface area contributed by atoms with Crippen LogP contribution in [-0.2, 0) is 0 Å². The lowest BCUT2D eigenvalue weighted by molar-refractivity contribution is 0.0955. The minimum atomic E-state index is -0.412. The maximum Gasteiger partial charge on any atom is 0.182 e. The van der Waals surface area contributed by atoms with E-state index in [2.05, 4.69) is 30.7 Å². The van der Waals surface area contributed by atoms with Crippen LogP contribution >= 0.6 is 0 Å². The lowest BCUT2D eigenvalue weighted by Gasteiger charge is -2.24. The summed E-state index contributed by atoms with van der Waals surface area (Å²) in [4.78, 5) is 18.1. The summed E-state index contributed by atoms with van der Waals surface area (Å²) in [5.41, 5.74) is 0.352. The molecule has 0 fully saturated rings. The first-order valence-electron chi connectivity index (χ1n) is 7.47. The monoisotopic (exact) mass is 280 g/mol. The fourth-order valence-electron chi connectivity index (χ4n) is 2.22. The van der Waals surface area contributed by atoms with Crippen molar-refractivity contribution in [2.24, 2.45) is 5.92 Å². The van der Waals surface area contributed by atoms with Crippen molar-refractivity contribution in [3.63, 3.8) is 0 Å². The molecule has 0 aliphatic rings. The molecule has 4 heteroatoms. The van der Waals surface area contributed by atoms with E-state index >= 15 is 0 Å². The van der Waals surface area contributed by atoms with Crippen molar-refractivity contribution in [2.45, 2.75) is 40.0 Å². The van der Waals surface area contributed by atoms with E-state index in [-0.39, 0.29) is 5.78 Å². The molecule has 0 aromatic carbocycles. The summed E-state index contributed by atoms with van der Waals surface area (Å²) in [6.07, 6.45) is 3.86. The Labute approximate surface area is 121 Å². The van der Waals surface area contributed by atoms with Crippen LogP contribution in [0.3, 0.4) is 0 Å². The van der Waals surface area contributed by atoms with Gasteiger partial charge in [0.05, 0.1) is 6.20 Å². The van der Waals surface area contributed by atoms with Gasteiger partial charge in [0.1, 0.15) is 11.5 Å². The van der Waals surface area contributed by atoms with E-state index in [9.17, 15) is 9.18 Å².